The van der Waals surface area contributed by atoms with Gasteiger partial charge in [0.05, 0.1) is 0 Å². The first-order valence-electron chi connectivity index (χ1n) is 6.49. The fourth-order valence-corrected chi connectivity index (χ4v) is 2.77. The average molecular weight is 265 g/mol. The molecule has 0 amide bonds. The van der Waals surface area contributed by atoms with E-state index in [2.05, 4.69) is 11.4 Å². The van der Waals surface area contributed by atoms with E-state index < -0.39 is 0 Å². The lowest BCUT2D eigenvalue weighted by Gasteiger charge is -2.21. The van der Waals surface area contributed by atoms with Gasteiger partial charge in [0, 0.05) is 10.9 Å². The lowest BCUT2D eigenvalue weighted by Crippen LogP contribution is -2.31. The second-order valence-corrected chi connectivity index (χ2v) is 5.31. The summed E-state index contributed by atoms with van der Waals surface area (Å²) in [5, 5.41) is 4.12. The van der Waals surface area contributed by atoms with E-state index in [1.165, 1.54) is 0 Å². The third kappa shape index (κ3) is 2.52. The highest BCUT2D eigenvalue weighted by atomic mass is 35.5. The molecule has 0 spiro atoms. The fraction of sp³-hybridized carbons (Fsp3) is 0.500. The van der Waals surface area contributed by atoms with Gasteiger partial charge in [0.25, 0.3) is 0 Å². The highest BCUT2D eigenvalue weighted by Gasteiger charge is 2.27. The maximum absolute atomic E-state index is 6.01. The maximum atomic E-state index is 6.01. The van der Waals surface area contributed by atoms with E-state index in [0.717, 1.165) is 42.4 Å². The van der Waals surface area contributed by atoms with Gasteiger partial charge in [-0.05, 0) is 43.6 Å². The van der Waals surface area contributed by atoms with Crippen molar-refractivity contribution in [3.05, 3.63) is 34.9 Å². The van der Waals surface area contributed by atoms with Gasteiger partial charge in [0.15, 0.2) is 5.90 Å². The first-order valence-corrected chi connectivity index (χ1v) is 6.87. The molecular formula is C14H17ClN2O. The minimum absolute atomic E-state index is 0.119. The number of nitrogens with one attached hydrogen (secondary N) is 1. The number of benzene rings is 1. The first kappa shape index (κ1) is 12.0. The molecule has 2 heterocycles. The molecule has 1 N–H and O–H groups in total. The molecule has 1 aromatic carbocycles. The number of halogens is 1. The Morgan fingerprint density at radius 2 is 2.11 bits per heavy atom. The van der Waals surface area contributed by atoms with Gasteiger partial charge in [-0.15, -0.1) is 0 Å². The van der Waals surface area contributed by atoms with Gasteiger partial charge in [0.1, 0.15) is 12.6 Å². The molecule has 0 bridgehead atoms. The number of hydrogen-bond donors (Lipinski definition) is 1. The van der Waals surface area contributed by atoms with E-state index in [1.54, 1.807) is 0 Å². The molecule has 1 atom stereocenters. The molecule has 2 aliphatic rings. The Bertz CT molecular complexity index is 455. The normalized spacial score (nSPS) is 24.7. The molecule has 2 aliphatic heterocycles. The van der Waals surface area contributed by atoms with Crippen LogP contribution in [0.4, 0.5) is 0 Å². The molecule has 1 fully saturated rings. The quantitative estimate of drug-likeness (QED) is 0.891. The second kappa shape index (κ2) is 5.29. The molecule has 1 aromatic rings. The number of aliphatic imine (C=N–C) groups is 1. The number of piperidine rings is 1. The number of rotatable bonds is 2. The van der Waals surface area contributed by atoms with Crippen molar-refractivity contribution >= 4 is 17.5 Å². The Balaban J connectivity index is 1.74. The summed E-state index contributed by atoms with van der Waals surface area (Å²) in [6.45, 7) is 2.78. The van der Waals surface area contributed by atoms with E-state index in [0.29, 0.717) is 12.5 Å². The molecule has 3 rings (SSSR count). The van der Waals surface area contributed by atoms with Crippen molar-refractivity contribution in [3.8, 4) is 0 Å². The summed E-state index contributed by atoms with van der Waals surface area (Å²) in [5.41, 5.74) is 1.14. The second-order valence-electron chi connectivity index (χ2n) is 4.87. The van der Waals surface area contributed by atoms with Crippen LogP contribution >= 0.6 is 11.6 Å². The molecular weight excluding hydrogens is 248 g/mol. The van der Waals surface area contributed by atoms with Gasteiger partial charge in [-0.25, -0.2) is 4.99 Å². The number of nitrogens with zero attached hydrogens (tertiary/aromatic N) is 1. The van der Waals surface area contributed by atoms with Crippen molar-refractivity contribution in [2.24, 2.45) is 10.9 Å². The average Bonchev–Trinajstić information content (AvgIpc) is 2.89. The Morgan fingerprint density at radius 3 is 2.89 bits per heavy atom. The summed E-state index contributed by atoms with van der Waals surface area (Å²) in [6.07, 6.45) is 2.25. The zero-order valence-electron chi connectivity index (χ0n) is 10.2. The number of ether oxygens (including phenoxy) is 1. The standard InChI is InChI=1S/C14H17ClN2O/c15-12-3-1-2-11(8-12)13-9-18-14(17-13)10-4-6-16-7-5-10/h1-3,8,10,13,16H,4-7,9H2. The van der Waals surface area contributed by atoms with E-state index in [-0.39, 0.29) is 6.04 Å². The minimum Gasteiger partial charge on any atom is -0.478 e. The molecule has 1 unspecified atom stereocenters. The summed E-state index contributed by atoms with van der Waals surface area (Å²) in [6, 6.07) is 8.02. The first-order chi connectivity index (χ1) is 8.83. The predicted octanol–water partition coefficient (Wildman–Crippen LogP) is 2.81. The molecule has 0 aliphatic carbocycles. The lowest BCUT2D eigenvalue weighted by molar-refractivity contribution is 0.285. The van der Waals surface area contributed by atoms with Crippen molar-refractivity contribution in [2.75, 3.05) is 19.7 Å². The molecule has 1 saturated heterocycles. The molecule has 0 radical (unpaired) electrons. The lowest BCUT2D eigenvalue weighted by atomic mass is 9.98. The van der Waals surface area contributed by atoms with Crippen LogP contribution in [0.15, 0.2) is 29.3 Å². The van der Waals surface area contributed by atoms with Crippen molar-refractivity contribution < 1.29 is 4.74 Å². The summed E-state index contributed by atoms with van der Waals surface area (Å²) in [4.78, 5) is 4.73. The van der Waals surface area contributed by atoms with Crippen LogP contribution in [-0.4, -0.2) is 25.6 Å². The highest BCUT2D eigenvalue weighted by Crippen LogP contribution is 2.28. The van der Waals surface area contributed by atoms with Crippen LogP contribution in [0.2, 0.25) is 5.02 Å². The van der Waals surface area contributed by atoms with Gasteiger partial charge >= 0.3 is 0 Å². The smallest absolute Gasteiger partial charge is 0.187 e. The zero-order chi connectivity index (χ0) is 12.4. The van der Waals surface area contributed by atoms with E-state index in [9.17, 15) is 0 Å². The van der Waals surface area contributed by atoms with Gasteiger partial charge in [0.2, 0.25) is 0 Å². The fourth-order valence-electron chi connectivity index (χ4n) is 2.57. The van der Waals surface area contributed by atoms with Crippen LogP contribution in [0.1, 0.15) is 24.4 Å². The van der Waals surface area contributed by atoms with Crippen molar-refractivity contribution in [1.29, 1.82) is 0 Å². The van der Waals surface area contributed by atoms with Gasteiger partial charge in [-0.2, -0.15) is 0 Å². The summed E-state index contributed by atoms with van der Waals surface area (Å²) in [7, 11) is 0. The van der Waals surface area contributed by atoms with Crippen LogP contribution < -0.4 is 5.32 Å². The molecule has 4 heteroatoms. The van der Waals surface area contributed by atoms with Gasteiger partial charge in [-0.1, -0.05) is 23.7 Å². The van der Waals surface area contributed by atoms with Crippen LogP contribution in [0.25, 0.3) is 0 Å². The Kier molecular flexibility index (Phi) is 3.52. The van der Waals surface area contributed by atoms with Crippen molar-refractivity contribution in [3.63, 3.8) is 0 Å². The van der Waals surface area contributed by atoms with Crippen LogP contribution in [0.3, 0.4) is 0 Å². The molecule has 3 nitrogen and oxygen atoms in total. The van der Waals surface area contributed by atoms with E-state index >= 15 is 0 Å². The van der Waals surface area contributed by atoms with Crippen LogP contribution in [0.5, 0.6) is 0 Å². The zero-order valence-corrected chi connectivity index (χ0v) is 11.0. The van der Waals surface area contributed by atoms with Crippen LogP contribution in [-0.2, 0) is 4.74 Å². The van der Waals surface area contributed by atoms with E-state index in [4.69, 9.17) is 21.3 Å². The molecule has 0 aromatic heterocycles. The predicted molar refractivity (Wildman–Crippen MR) is 73.2 cm³/mol. The molecule has 0 saturated carbocycles. The summed E-state index contributed by atoms with van der Waals surface area (Å²) in [5.74, 6) is 1.44. The summed E-state index contributed by atoms with van der Waals surface area (Å²) < 4.78 is 5.78. The maximum Gasteiger partial charge on any atom is 0.187 e. The number of hydrogen-bond acceptors (Lipinski definition) is 3. The van der Waals surface area contributed by atoms with Gasteiger partial charge in [-0.3, -0.25) is 0 Å². The minimum atomic E-state index is 0.119. The molecule has 18 heavy (non-hydrogen) atoms. The monoisotopic (exact) mass is 264 g/mol. The Hall–Kier alpha value is -1.06. The van der Waals surface area contributed by atoms with Crippen molar-refractivity contribution in [1.82, 2.24) is 5.32 Å². The topological polar surface area (TPSA) is 33.6 Å². The Labute approximate surface area is 112 Å². The van der Waals surface area contributed by atoms with Crippen molar-refractivity contribution in [2.45, 2.75) is 18.9 Å². The third-order valence-corrected chi connectivity index (χ3v) is 3.83. The largest absolute Gasteiger partial charge is 0.478 e. The Morgan fingerprint density at radius 1 is 1.28 bits per heavy atom. The summed E-state index contributed by atoms with van der Waals surface area (Å²) >= 11 is 6.01. The third-order valence-electron chi connectivity index (χ3n) is 3.59. The highest BCUT2D eigenvalue weighted by molar-refractivity contribution is 6.30. The molecule has 96 valence electrons. The van der Waals surface area contributed by atoms with Crippen LogP contribution in [0, 0.1) is 5.92 Å². The van der Waals surface area contributed by atoms with Gasteiger partial charge < -0.3 is 10.1 Å². The SMILES string of the molecule is Clc1cccc(C2COC(C3CCNCC3)=N2)c1. The van der Waals surface area contributed by atoms with E-state index in [1.807, 2.05) is 18.2 Å².